The number of anilines is 1. The molecule has 2 aliphatic rings. The zero-order valence-corrected chi connectivity index (χ0v) is 15.7. The molecule has 3 heterocycles. The monoisotopic (exact) mass is 371 g/mol. The summed E-state index contributed by atoms with van der Waals surface area (Å²) in [6.07, 6.45) is 1.76. The molecule has 1 saturated heterocycles. The van der Waals surface area contributed by atoms with Gasteiger partial charge in [-0.1, -0.05) is 0 Å². The molecule has 144 valence electrons. The molecule has 3 N–H and O–H groups in total. The average molecular weight is 371 g/mol. The molecule has 2 aromatic rings. The van der Waals surface area contributed by atoms with Crippen LogP contribution in [0, 0.1) is 0 Å². The van der Waals surface area contributed by atoms with Crippen LogP contribution in [-0.2, 0) is 13.0 Å². The third-order valence-corrected chi connectivity index (χ3v) is 5.25. The third kappa shape index (κ3) is 3.57. The lowest BCUT2D eigenvalue weighted by molar-refractivity contribution is 0.0934. The first-order chi connectivity index (χ1) is 13.2. The van der Waals surface area contributed by atoms with E-state index in [2.05, 4.69) is 25.7 Å². The molecule has 1 atom stereocenters. The fraction of sp³-hybridized carbons (Fsp3) is 0.474. The molecule has 0 bridgehead atoms. The van der Waals surface area contributed by atoms with Gasteiger partial charge in [0, 0.05) is 73.8 Å². The van der Waals surface area contributed by atoms with E-state index in [-0.39, 0.29) is 11.9 Å². The molecule has 8 nitrogen and oxygen atoms in total. The highest BCUT2D eigenvalue weighted by Gasteiger charge is 2.28. The number of nitrogens with one attached hydrogen (secondary N) is 3. The van der Waals surface area contributed by atoms with Gasteiger partial charge in [-0.25, -0.2) is 0 Å². The van der Waals surface area contributed by atoms with E-state index in [9.17, 15) is 4.79 Å². The van der Waals surface area contributed by atoms with E-state index in [1.54, 1.807) is 14.2 Å². The fourth-order valence-corrected chi connectivity index (χ4v) is 3.75. The molecule has 1 amide bonds. The van der Waals surface area contributed by atoms with Gasteiger partial charge < -0.3 is 25.0 Å². The molecule has 1 unspecified atom stereocenters. The van der Waals surface area contributed by atoms with Crippen LogP contribution in [0.4, 0.5) is 5.69 Å². The number of carbonyl (C=O) groups excluding carboxylic acids is 1. The van der Waals surface area contributed by atoms with Crippen molar-refractivity contribution in [2.75, 3.05) is 38.8 Å². The highest BCUT2D eigenvalue weighted by atomic mass is 16.5. The van der Waals surface area contributed by atoms with Crippen molar-refractivity contribution in [3.63, 3.8) is 0 Å². The van der Waals surface area contributed by atoms with Crippen molar-refractivity contribution in [1.29, 1.82) is 0 Å². The number of aromatic nitrogens is 2. The second-order valence-electron chi connectivity index (χ2n) is 6.93. The maximum Gasteiger partial charge on any atom is 0.272 e. The van der Waals surface area contributed by atoms with Crippen molar-refractivity contribution in [3.8, 4) is 11.5 Å². The Morgan fingerprint density at radius 3 is 2.78 bits per heavy atom. The summed E-state index contributed by atoms with van der Waals surface area (Å²) in [5.41, 5.74) is 3.60. The highest BCUT2D eigenvalue weighted by molar-refractivity contribution is 5.94. The normalized spacial score (nSPS) is 18.9. The predicted octanol–water partition coefficient (Wildman–Crippen LogP) is 1.08. The fourth-order valence-electron chi connectivity index (χ4n) is 3.75. The van der Waals surface area contributed by atoms with Crippen molar-refractivity contribution in [2.24, 2.45) is 0 Å². The highest BCUT2D eigenvalue weighted by Crippen LogP contribution is 2.30. The van der Waals surface area contributed by atoms with Crippen LogP contribution in [0.5, 0.6) is 11.5 Å². The summed E-state index contributed by atoms with van der Waals surface area (Å²) in [5.74, 6) is 1.41. The largest absolute Gasteiger partial charge is 0.497 e. The number of benzene rings is 1. The zero-order valence-electron chi connectivity index (χ0n) is 15.7. The molecule has 27 heavy (non-hydrogen) atoms. The quantitative estimate of drug-likeness (QED) is 0.729. The zero-order chi connectivity index (χ0) is 18.8. The molecule has 1 fully saturated rings. The Bertz CT molecular complexity index is 812. The van der Waals surface area contributed by atoms with Crippen LogP contribution < -0.4 is 25.0 Å². The number of ether oxygens (including phenoxy) is 2. The van der Waals surface area contributed by atoms with Crippen LogP contribution in [0.15, 0.2) is 18.2 Å². The summed E-state index contributed by atoms with van der Waals surface area (Å²) >= 11 is 0. The van der Waals surface area contributed by atoms with Gasteiger partial charge in [-0.3, -0.25) is 9.89 Å². The minimum Gasteiger partial charge on any atom is -0.497 e. The molecule has 0 aliphatic carbocycles. The van der Waals surface area contributed by atoms with Crippen LogP contribution in [0.1, 0.15) is 28.2 Å². The Labute approximate surface area is 158 Å². The summed E-state index contributed by atoms with van der Waals surface area (Å²) < 4.78 is 10.7. The van der Waals surface area contributed by atoms with Crippen molar-refractivity contribution in [2.45, 2.75) is 25.4 Å². The van der Waals surface area contributed by atoms with E-state index in [1.807, 2.05) is 18.2 Å². The van der Waals surface area contributed by atoms with Crippen LogP contribution in [0.3, 0.4) is 0 Å². The lowest BCUT2D eigenvalue weighted by Crippen LogP contribution is -2.38. The summed E-state index contributed by atoms with van der Waals surface area (Å²) in [5, 5.41) is 13.7. The van der Waals surface area contributed by atoms with Gasteiger partial charge in [0.25, 0.3) is 5.91 Å². The number of hydrogen-bond acceptors (Lipinski definition) is 6. The maximum atomic E-state index is 12.7. The molecule has 0 radical (unpaired) electrons. The predicted molar refractivity (Wildman–Crippen MR) is 102 cm³/mol. The number of aromatic amines is 1. The Balaban J connectivity index is 1.43. The second kappa shape index (κ2) is 7.48. The standard InChI is InChI=1S/C19H25N5O3/c1-26-14-7-13(8-15(9-14)27-2)24-6-4-12(11-24)21-19(25)18-16-10-20-5-3-17(16)22-23-18/h7-9,12,20H,3-6,10-11H2,1-2H3,(H,21,25)(H,22,23). The first kappa shape index (κ1) is 17.7. The number of nitrogens with zero attached hydrogens (tertiary/aromatic N) is 2. The van der Waals surface area contributed by atoms with Crippen LogP contribution >= 0.6 is 0 Å². The summed E-state index contributed by atoms with van der Waals surface area (Å²) in [7, 11) is 3.29. The van der Waals surface area contributed by atoms with Crippen molar-refractivity contribution < 1.29 is 14.3 Å². The number of rotatable bonds is 5. The van der Waals surface area contributed by atoms with Gasteiger partial charge in [-0.2, -0.15) is 5.10 Å². The Morgan fingerprint density at radius 2 is 2.04 bits per heavy atom. The van der Waals surface area contributed by atoms with Crippen LogP contribution in [0.25, 0.3) is 0 Å². The minimum absolute atomic E-state index is 0.0820. The van der Waals surface area contributed by atoms with Gasteiger partial charge in [-0.15, -0.1) is 0 Å². The van der Waals surface area contributed by atoms with E-state index in [0.29, 0.717) is 12.2 Å². The van der Waals surface area contributed by atoms with Crippen molar-refractivity contribution in [1.82, 2.24) is 20.8 Å². The number of hydrogen-bond donors (Lipinski definition) is 3. The van der Waals surface area contributed by atoms with Crippen LogP contribution in [-0.4, -0.2) is 56.0 Å². The van der Waals surface area contributed by atoms with E-state index < -0.39 is 0 Å². The van der Waals surface area contributed by atoms with Gasteiger partial charge in [0.05, 0.1) is 14.2 Å². The van der Waals surface area contributed by atoms with Crippen molar-refractivity contribution in [3.05, 3.63) is 35.2 Å². The van der Waals surface area contributed by atoms with E-state index in [4.69, 9.17) is 9.47 Å². The minimum atomic E-state index is -0.105. The lowest BCUT2D eigenvalue weighted by atomic mass is 10.1. The molecule has 4 rings (SSSR count). The Hall–Kier alpha value is -2.74. The first-order valence-electron chi connectivity index (χ1n) is 9.23. The molecular formula is C19H25N5O3. The van der Waals surface area contributed by atoms with E-state index in [1.165, 1.54) is 0 Å². The molecular weight excluding hydrogens is 346 g/mol. The third-order valence-electron chi connectivity index (χ3n) is 5.25. The van der Waals surface area contributed by atoms with Gasteiger partial charge in [0.15, 0.2) is 5.69 Å². The summed E-state index contributed by atoms with van der Waals surface area (Å²) in [6, 6.07) is 5.91. The molecule has 1 aromatic carbocycles. The van der Waals surface area contributed by atoms with Gasteiger partial charge in [0.2, 0.25) is 0 Å². The molecule has 2 aliphatic heterocycles. The maximum absolute atomic E-state index is 12.7. The lowest BCUT2D eigenvalue weighted by Gasteiger charge is -2.20. The molecule has 0 spiro atoms. The second-order valence-corrected chi connectivity index (χ2v) is 6.93. The number of amides is 1. The smallest absolute Gasteiger partial charge is 0.272 e. The number of fused-ring (bicyclic) bond motifs is 1. The number of carbonyl (C=O) groups is 1. The molecule has 8 heteroatoms. The van der Waals surface area contributed by atoms with E-state index in [0.717, 1.165) is 60.9 Å². The van der Waals surface area contributed by atoms with E-state index >= 15 is 0 Å². The van der Waals surface area contributed by atoms with Gasteiger partial charge in [-0.05, 0) is 6.42 Å². The first-order valence-corrected chi connectivity index (χ1v) is 9.23. The topological polar surface area (TPSA) is 91.5 Å². The van der Waals surface area contributed by atoms with Crippen LogP contribution in [0.2, 0.25) is 0 Å². The summed E-state index contributed by atoms with van der Waals surface area (Å²) in [4.78, 5) is 14.9. The van der Waals surface area contributed by atoms with Gasteiger partial charge >= 0.3 is 0 Å². The Kier molecular flexibility index (Phi) is 4.89. The molecule has 1 aromatic heterocycles. The number of methoxy groups -OCH3 is 2. The summed E-state index contributed by atoms with van der Waals surface area (Å²) in [6.45, 7) is 3.21. The van der Waals surface area contributed by atoms with Gasteiger partial charge in [0.1, 0.15) is 11.5 Å². The Morgan fingerprint density at radius 1 is 1.26 bits per heavy atom. The average Bonchev–Trinajstić information content (AvgIpc) is 3.34. The molecule has 0 saturated carbocycles. The SMILES string of the molecule is COc1cc(OC)cc(N2CCC(NC(=O)c3n[nH]c4c3CNCC4)C2)c1. The van der Waals surface area contributed by atoms with Crippen molar-refractivity contribution >= 4 is 11.6 Å². The number of H-pyrrole nitrogens is 1.